The standard InChI is InChI=1S/C8H7NOS2/c1-5-4-9-8-6(7(5)10)2-3-12(8)11/h2-4H,1H3,(H,9,10). The second-order valence-corrected chi connectivity index (χ2v) is 5.00. The number of H-pyrrole nitrogens is 1. The van der Waals surface area contributed by atoms with Crippen molar-refractivity contribution < 1.29 is 0 Å². The van der Waals surface area contributed by atoms with Gasteiger partial charge in [-0.2, -0.15) is 0 Å². The first kappa shape index (κ1) is 7.89. The van der Waals surface area contributed by atoms with Crippen LogP contribution in [0.2, 0.25) is 0 Å². The first-order chi connectivity index (χ1) is 5.70. The second kappa shape index (κ2) is 2.64. The number of rotatable bonds is 0. The molecular weight excluding hydrogens is 190 g/mol. The van der Waals surface area contributed by atoms with Gasteiger partial charge < -0.3 is 4.98 Å². The van der Waals surface area contributed by atoms with Gasteiger partial charge >= 0.3 is 0 Å². The van der Waals surface area contributed by atoms with E-state index in [0.717, 1.165) is 16.2 Å². The third-order valence-electron chi connectivity index (χ3n) is 1.83. The highest BCUT2D eigenvalue weighted by atomic mass is 32.8. The molecule has 2 heterocycles. The maximum absolute atomic E-state index is 11.5. The number of hydrogen-bond acceptors (Lipinski definition) is 2. The van der Waals surface area contributed by atoms with Crippen molar-refractivity contribution in [3.8, 4) is 0 Å². The molecule has 0 saturated carbocycles. The zero-order valence-electron chi connectivity index (χ0n) is 6.46. The zero-order valence-corrected chi connectivity index (χ0v) is 8.09. The molecule has 0 aliphatic carbocycles. The van der Waals surface area contributed by atoms with Crippen molar-refractivity contribution in [1.29, 1.82) is 0 Å². The van der Waals surface area contributed by atoms with Crippen LogP contribution in [0.5, 0.6) is 0 Å². The molecule has 1 unspecified atom stereocenters. The van der Waals surface area contributed by atoms with E-state index in [1.807, 2.05) is 11.5 Å². The van der Waals surface area contributed by atoms with E-state index in [1.165, 1.54) is 0 Å². The third kappa shape index (κ3) is 0.990. The molecule has 1 aliphatic heterocycles. The average molecular weight is 197 g/mol. The fourth-order valence-electron chi connectivity index (χ4n) is 1.15. The van der Waals surface area contributed by atoms with Crippen LogP contribution in [-0.4, -0.2) is 4.98 Å². The smallest absolute Gasteiger partial charge is 0.192 e. The lowest BCUT2D eigenvalue weighted by atomic mass is 10.2. The third-order valence-corrected chi connectivity index (χ3v) is 3.78. The van der Waals surface area contributed by atoms with Crippen molar-refractivity contribution in [3.63, 3.8) is 0 Å². The quantitative estimate of drug-likeness (QED) is 0.675. The van der Waals surface area contributed by atoms with Gasteiger partial charge in [0.1, 0.15) is 0 Å². The molecule has 1 aromatic rings. The lowest BCUT2D eigenvalue weighted by Crippen LogP contribution is -2.10. The highest BCUT2D eigenvalue weighted by Crippen LogP contribution is 2.18. The predicted octanol–water partition coefficient (Wildman–Crippen LogP) is 1.11. The molecule has 1 aliphatic rings. The molecule has 0 amide bonds. The van der Waals surface area contributed by atoms with Crippen LogP contribution in [0.3, 0.4) is 0 Å². The van der Waals surface area contributed by atoms with E-state index in [2.05, 4.69) is 4.98 Å². The minimum absolute atomic E-state index is 0.0971. The molecule has 2 nitrogen and oxygen atoms in total. The summed E-state index contributed by atoms with van der Waals surface area (Å²) < 4.78 is 0. The Kier molecular flexibility index (Phi) is 1.73. The van der Waals surface area contributed by atoms with Gasteiger partial charge in [-0.1, -0.05) is 0 Å². The summed E-state index contributed by atoms with van der Waals surface area (Å²) in [4.78, 5) is 14.5. The van der Waals surface area contributed by atoms with Crippen molar-refractivity contribution in [2.45, 2.75) is 11.9 Å². The Balaban J connectivity index is 2.84. The summed E-state index contributed by atoms with van der Waals surface area (Å²) in [5.74, 6) is 0. The molecule has 0 saturated heterocycles. The largest absolute Gasteiger partial charge is 0.355 e. The monoisotopic (exact) mass is 197 g/mol. The Morgan fingerprint density at radius 3 is 3.08 bits per heavy atom. The molecule has 1 aromatic heterocycles. The SMILES string of the molecule is Cc1c[nH]c2c(c1=O)C=CS2=S. The number of aromatic amines is 1. The first-order valence-electron chi connectivity index (χ1n) is 3.51. The van der Waals surface area contributed by atoms with Crippen molar-refractivity contribution in [3.05, 3.63) is 33.0 Å². The van der Waals surface area contributed by atoms with Crippen LogP contribution < -0.4 is 5.43 Å². The zero-order chi connectivity index (χ0) is 8.72. The van der Waals surface area contributed by atoms with Crippen LogP contribution in [0.25, 0.3) is 6.08 Å². The summed E-state index contributed by atoms with van der Waals surface area (Å²) in [7, 11) is -0.319. The van der Waals surface area contributed by atoms with Crippen molar-refractivity contribution in [1.82, 2.24) is 4.98 Å². The molecule has 0 aromatic carbocycles. The van der Waals surface area contributed by atoms with Crippen LogP contribution in [0.1, 0.15) is 11.1 Å². The normalized spacial score (nSPS) is 19.6. The van der Waals surface area contributed by atoms with E-state index in [9.17, 15) is 4.79 Å². The molecule has 0 radical (unpaired) electrons. The Hall–Kier alpha value is -0.740. The predicted molar refractivity (Wildman–Crippen MR) is 53.8 cm³/mol. The summed E-state index contributed by atoms with van der Waals surface area (Å²) in [6, 6.07) is 0. The summed E-state index contributed by atoms with van der Waals surface area (Å²) in [6.45, 7) is 1.80. The fourth-order valence-corrected chi connectivity index (χ4v) is 2.68. The van der Waals surface area contributed by atoms with Crippen molar-refractivity contribution in [2.75, 3.05) is 0 Å². The van der Waals surface area contributed by atoms with Gasteiger partial charge in [-0.15, -0.1) is 0 Å². The lowest BCUT2D eigenvalue weighted by molar-refractivity contribution is 1.08. The topological polar surface area (TPSA) is 32.9 Å². The number of aromatic nitrogens is 1. The number of hydrogen-bond donors (Lipinski definition) is 1. The van der Waals surface area contributed by atoms with E-state index in [1.54, 1.807) is 13.1 Å². The lowest BCUT2D eigenvalue weighted by Gasteiger charge is -1.99. The second-order valence-electron chi connectivity index (χ2n) is 2.64. The molecule has 0 spiro atoms. The Morgan fingerprint density at radius 1 is 1.58 bits per heavy atom. The molecule has 62 valence electrons. The molecule has 0 bridgehead atoms. The number of fused-ring (bicyclic) bond motifs is 1. The highest BCUT2D eigenvalue weighted by Gasteiger charge is 2.13. The Bertz CT molecular complexity index is 445. The minimum Gasteiger partial charge on any atom is -0.355 e. The van der Waals surface area contributed by atoms with E-state index in [4.69, 9.17) is 11.2 Å². The number of aryl methyl sites for hydroxylation is 1. The van der Waals surface area contributed by atoms with Gasteiger partial charge in [0.05, 0.1) is 10.6 Å². The molecule has 12 heavy (non-hydrogen) atoms. The van der Waals surface area contributed by atoms with Gasteiger partial charge in [0, 0.05) is 11.8 Å². The molecule has 1 atom stereocenters. The molecule has 4 heteroatoms. The van der Waals surface area contributed by atoms with E-state index in [0.29, 0.717) is 0 Å². The van der Waals surface area contributed by atoms with Crippen molar-refractivity contribution >= 4 is 26.7 Å². The Morgan fingerprint density at radius 2 is 2.33 bits per heavy atom. The van der Waals surface area contributed by atoms with Gasteiger partial charge in [-0.3, -0.25) is 4.79 Å². The van der Waals surface area contributed by atoms with E-state index < -0.39 is 0 Å². The Labute approximate surface area is 76.9 Å². The van der Waals surface area contributed by atoms with Gasteiger partial charge in [0.15, 0.2) is 5.43 Å². The number of nitrogens with one attached hydrogen (secondary N) is 1. The molecular formula is C8H7NOS2. The van der Waals surface area contributed by atoms with Crippen LogP contribution in [0.4, 0.5) is 0 Å². The van der Waals surface area contributed by atoms with Crippen LogP contribution >= 0.6 is 0 Å². The summed E-state index contributed by atoms with van der Waals surface area (Å²) in [5.41, 5.74) is 1.58. The van der Waals surface area contributed by atoms with E-state index in [-0.39, 0.29) is 14.9 Å². The van der Waals surface area contributed by atoms with E-state index >= 15 is 0 Å². The van der Waals surface area contributed by atoms with Gasteiger partial charge in [-0.25, -0.2) is 0 Å². The minimum atomic E-state index is -0.319. The highest BCUT2D eigenvalue weighted by molar-refractivity contribution is 8.30. The number of pyridine rings is 1. The maximum atomic E-state index is 11.5. The van der Waals surface area contributed by atoms with Gasteiger partial charge in [0.2, 0.25) is 0 Å². The van der Waals surface area contributed by atoms with Crippen molar-refractivity contribution in [2.24, 2.45) is 0 Å². The summed E-state index contributed by atoms with van der Waals surface area (Å²) >= 11 is 5.13. The average Bonchev–Trinajstić information content (AvgIpc) is 2.41. The van der Waals surface area contributed by atoms with Crippen LogP contribution in [-0.2, 0) is 20.6 Å². The first-order valence-corrected chi connectivity index (χ1v) is 5.72. The molecule has 2 rings (SSSR count). The molecule has 0 fully saturated rings. The summed E-state index contributed by atoms with van der Waals surface area (Å²) in [5, 5.41) is 2.78. The fraction of sp³-hybridized carbons (Fsp3) is 0.125. The molecule has 1 N–H and O–H groups in total. The van der Waals surface area contributed by atoms with Crippen LogP contribution in [0.15, 0.2) is 21.4 Å². The summed E-state index contributed by atoms with van der Waals surface area (Å²) in [6.07, 6.45) is 3.54. The van der Waals surface area contributed by atoms with Gasteiger partial charge in [0.25, 0.3) is 0 Å². The van der Waals surface area contributed by atoms with Crippen LogP contribution in [0, 0.1) is 6.92 Å². The maximum Gasteiger partial charge on any atom is 0.192 e. The van der Waals surface area contributed by atoms with Gasteiger partial charge in [-0.05, 0) is 39.1 Å².